The van der Waals surface area contributed by atoms with Crippen LogP contribution in [-0.4, -0.2) is 15.8 Å². The van der Waals surface area contributed by atoms with E-state index in [9.17, 15) is 9.18 Å². The summed E-state index contributed by atoms with van der Waals surface area (Å²) in [6.07, 6.45) is 2.40. The second-order valence-electron chi connectivity index (χ2n) is 3.35. The highest BCUT2D eigenvalue weighted by atomic mass is 19.1. The van der Waals surface area contributed by atoms with Crippen LogP contribution in [0.25, 0.3) is 0 Å². The molecular weight excluding hydrogens is 207 g/mol. The van der Waals surface area contributed by atoms with Crippen LogP contribution in [0.2, 0.25) is 0 Å². The molecule has 0 atom stereocenters. The van der Waals surface area contributed by atoms with Crippen molar-refractivity contribution in [2.45, 2.75) is 6.92 Å². The van der Waals surface area contributed by atoms with Crippen LogP contribution < -0.4 is 0 Å². The molecule has 0 bridgehead atoms. The highest BCUT2D eigenvalue weighted by Crippen LogP contribution is 2.10. The molecule has 3 nitrogen and oxygen atoms in total. The van der Waals surface area contributed by atoms with Gasteiger partial charge in [-0.25, -0.2) is 9.37 Å². The number of nitrogens with zero attached hydrogens (tertiary/aromatic N) is 2. The Kier molecular flexibility index (Phi) is 2.72. The molecule has 0 amide bonds. The lowest BCUT2D eigenvalue weighted by Crippen LogP contribution is -2.07. The lowest BCUT2D eigenvalue weighted by atomic mass is 10.1. The van der Waals surface area contributed by atoms with E-state index < -0.39 is 11.6 Å². The number of pyridine rings is 2. The summed E-state index contributed by atoms with van der Waals surface area (Å²) in [6.45, 7) is 1.78. The zero-order valence-electron chi connectivity index (χ0n) is 8.64. The van der Waals surface area contributed by atoms with E-state index in [-0.39, 0.29) is 11.3 Å². The summed E-state index contributed by atoms with van der Waals surface area (Å²) in [7, 11) is 0. The first-order valence-electron chi connectivity index (χ1n) is 4.76. The lowest BCUT2D eigenvalue weighted by molar-refractivity contribution is 0.103. The normalized spacial score (nSPS) is 10.1. The summed E-state index contributed by atoms with van der Waals surface area (Å²) >= 11 is 0. The Bertz CT molecular complexity index is 540. The minimum atomic E-state index is -0.629. The topological polar surface area (TPSA) is 42.9 Å². The maximum Gasteiger partial charge on any atom is 0.214 e. The van der Waals surface area contributed by atoms with Gasteiger partial charge in [-0.3, -0.25) is 9.78 Å². The molecule has 2 aromatic heterocycles. The van der Waals surface area contributed by atoms with Crippen LogP contribution in [0.4, 0.5) is 4.39 Å². The van der Waals surface area contributed by atoms with E-state index in [1.807, 2.05) is 0 Å². The van der Waals surface area contributed by atoms with E-state index in [0.717, 1.165) is 11.9 Å². The number of hydrogen-bond donors (Lipinski definition) is 0. The van der Waals surface area contributed by atoms with Crippen LogP contribution >= 0.6 is 0 Å². The molecule has 2 rings (SSSR count). The smallest absolute Gasteiger partial charge is 0.214 e. The fourth-order valence-corrected chi connectivity index (χ4v) is 1.37. The van der Waals surface area contributed by atoms with E-state index in [2.05, 4.69) is 9.97 Å². The molecule has 0 fully saturated rings. The van der Waals surface area contributed by atoms with Crippen LogP contribution in [0, 0.1) is 12.7 Å². The van der Waals surface area contributed by atoms with Gasteiger partial charge >= 0.3 is 0 Å². The molecule has 2 aromatic rings. The molecule has 0 radical (unpaired) electrons. The number of halogens is 1. The van der Waals surface area contributed by atoms with Crippen molar-refractivity contribution in [2.24, 2.45) is 0 Å². The Morgan fingerprint density at radius 3 is 2.81 bits per heavy atom. The van der Waals surface area contributed by atoms with Crippen molar-refractivity contribution in [3.63, 3.8) is 0 Å². The van der Waals surface area contributed by atoms with Crippen molar-refractivity contribution in [1.29, 1.82) is 0 Å². The molecule has 0 spiro atoms. The Hall–Kier alpha value is -2.10. The third kappa shape index (κ3) is 1.95. The Morgan fingerprint density at radius 1 is 1.31 bits per heavy atom. The fourth-order valence-electron chi connectivity index (χ4n) is 1.37. The monoisotopic (exact) mass is 216 g/mol. The van der Waals surface area contributed by atoms with Crippen LogP contribution in [0.5, 0.6) is 0 Å². The minimum absolute atomic E-state index is 0.00639. The largest absolute Gasteiger partial charge is 0.287 e. The molecule has 4 heteroatoms. The maximum atomic E-state index is 13.3. The summed E-state index contributed by atoms with van der Waals surface area (Å²) < 4.78 is 13.3. The number of carbonyl (C=O) groups is 1. The maximum absolute atomic E-state index is 13.3. The van der Waals surface area contributed by atoms with E-state index in [1.54, 1.807) is 25.1 Å². The molecule has 80 valence electrons. The van der Waals surface area contributed by atoms with Gasteiger partial charge in [-0.2, -0.15) is 0 Å². The molecule has 0 N–H and O–H groups in total. The highest BCUT2D eigenvalue weighted by Gasteiger charge is 2.14. The SMILES string of the molecule is Cc1cccc(C(=O)c2ccncc2F)n1. The van der Waals surface area contributed by atoms with Crippen LogP contribution in [0.3, 0.4) is 0 Å². The van der Waals surface area contributed by atoms with Gasteiger partial charge in [-0.1, -0.05) is 6.07 Å². The van der Waals surface area contributed by atoms with Gasteiger partial charge in [0, 0.05) is 11.9 Å². The highest BCUT2D eigenvalue weighted by molar-refractivity contribution is 6.07. The fraction of sp³-hybridized carbons (Fsp3) is 0.0833. The number of hydrogen-bond acceptors (Lipinski definition) is 3. The average Bonchev–Trinajstić information content (AvgIpc) is 2.29. The summed E-state index contributed by atoms with van der Waals surface area (Å²) in [5.41, 5.74) is 0.957. The van der Waals surface area contributed by atoms with Crippen molar-refractivity contribution in [1.82, 2.24) is 9.97 Å². The Balaban J connectivity index is 2.44. The first-order chi connectivity index (χ1) is 7.68. The van der Waals surface area contributed by atoms with E-state index in [1.165, 1.54) is 12.3 Å². The van der Waals surface area contributed by atoms with Gasteiger partial charge in [0.2, 0.25) is 5.78 Å². The van der Waals surface area contributed by atoms with Gasteiger partial charge in [-0.05, 0) is 25.1 Å². The van der Waals surface area contributed by atoms with Gasteiger partial charge < -0.3 is 0 Å². The summed E-state index contributed by atoms with van der Waals surface area (Å²) in [5.74, 6) is -1.06. The summed E-state index contributed by atoms with van der Waals surface area (Å²) in [5, 5.41) is 0. The number of aryl methyl sites for hydroxylation is 1. The van der Waals surface area contributed by atoms with E-state index >= 15 is 0 Å². The standard InChI is InChI=1S/C12H9FN2O/c1-8-3-2-4-11(15-8)12(16)9-5-6-14-7-10(9)13/h2-7H,1H3. The first-order valence-corrected chi connectivity index (χ1v) is 4.76. The molecule has 0 aliphatic rings. The second kappa shape index (κ2) is 4.18. The van der Waals surface area contributed by atoms with Crippen molar-refractivity contribution < 1.29 is 9.18 Å². The number of rotatable bonds is 2. The van der Waals surface area contributed by atoms with Crippen LogP contribution in [0.1, 0.15) is 21.7 Å². The number of ketones is 1. The second-order valence-corrected chi connectivity index (χ2v) is 3.35. The van der Waals surface area contributed by atoms with Gasteiger partial charge in [-0.15, -0.1) is 0 Å². The predicted octanol–water partition coefficient (Wildman–Crippen LogP) is 2.16. The van der Waals surface area contributed by atoms with Crippen molar-refractivity contribution in [3.05, 3.63) is 59.4 Å². The molecule has 0 aliphatic carbocycles. The molecule has 0 aliphatic heterocycles. The molecule has 2 heterocycles. The van der Waals surface area contributed by atoms with E-state index in [0.29, 0.717) is 0 Å². The minimum Gasteiger partial charge on any atom is -0.287 e. The molecule has 0 saturated heterocycles. The van der Waals surface area contributed by atoms with Crippen molar-refractivity contribution in [2.75, 3.05) is 0 Å². The summed E-state index contributed by atoms with van der Waals surface area (Å²) in [6, 6.07) is 6.41. The zero-order valence-corrected chi connectivity index (χ0v) is 8.64. The van der Waals surface area contributed by atoms with Crippen LogP contribution in [0.15, 0.2) is 36.7 Å². The van der Waals surface area contributed by atoms with Crippen molar-refractivity contribution >= 4 is 5.78 Å². The van der Waals surface area contributed by atoms with Gasteiger partial charge in [0.05, 0.1) is 11.8 Å². The third-order valence-electron chi connectivity index (χ3n) is 2.14. The van der Waals surface area contributed by atoms with Crippen LogP contribution in [-0.2, 0) is 0 Å². The van der Waals surface area contributed by atoms with Crippen molar-refractivity contribution in [3.8, 4) is 0 Å². The quantitative estimate of drug-likeness (QED) is 0.722. The third-order valence-corrected chi connectivity index (χ3v) is 2.14. The Labute approximate surface area is 92.0 Å². The Morgan fingerprint density at radius 2 is 2.12 bits per heavy atom. The number of aromatic nitrogens is 2. The molecule has 0 saturated carbocycles. The summed E-state index contributed by atoms with van der Waals surface area (Å²) in [4.78, 5) is 19.5. The first kappa shape index (κ1) is 10.4. The molecule has 0 aromatic carbocycles. The molecule has 16 heavy (non-hydrogen) atoms. The average molecular weight is 216 g/mol. The predicted molar refractivity (Wildman–Crippen MR) is 56.6 cm³/mol. The lowest BCUT2D eigenvalue weighted by Gasteiger charge is -2.01. The number of carbonyl (C=O) groups excluding carboxylic acids is 1. The van der Waals surface area contributed by atoms with Gasteiger partial charge in [0.15, 0.2) is 5.82 Å². The van der Waals surface area contributed by atoms with Gasteiger partial charge in [0.1, 0.15) is 5.69 Å². The zero-order chi connectivity index (χ0) is 11.5. The molecule has 0 unspecified atom stereocenters. The van der Waals surface area contributed by atoms with Gasteiger partial charge in [0.25, 0.3) is 0 Å². The molecular formula is C12H9FN2O. The van der Waals surface area contributed by atoms with E-state index in [4.69, 9.17) is 0 Å².